The van der Waals surface area contributed by atoms with Crippen LogP contribution in [0.1, 0.15) is 24.2 Å². The quantitative estimate of drug-likeness (QED) is 0.711. The first kappa shape index (κ1) is 20.4. The van der Waals surface area contributed by atoms with Gasteiger partial charge in [-0.3, -0.25) is 4.79 Å². The molecule has 0 spiro atoms. The molecule has 0 saturated carbocycles. The van der Waals surface area contributed by atoms with E-state index in [1.807, 2.05) is 0 Å². The van der Waals surface area contributed by atoms with Crippen molar-refractivity contribution >= 4 is 37.5 Å². The number of hydrogen-bond acceptors (Lipinski definition) is 4. The maximum atomic E-state index is 12.7. The fraction of sp³-hybridized carbons (Fsp3) is 0.278. The van der Waals surface area contributed by atoms with Crippen molar-refractivity contribution in [3.05, 3.63) is 52.5 Å². The van der Waals surface area contributed by atoms with Crippen LogP contribution in [-0.2, 0) is 10.0 Å². The molecule has 0 unspecified atom stereocenters. The predicted octanol–water partition coefficient (Wildman–Crippen LogP) is 3.74. The van der Waals surface area contributed by atoms with Crippen molar-refractivity contribution < 1.29 is 17.9 Å². The zero-order valence-electron chi connectivity index (χ0n) is 14.8. The number of nitrogens with zero attached hydrogens (tertiary/aromatic N) is 1. The predicted molar refractivity (Wildman–Crippen MR) is 105 cm³/mol. The van der Waals surface area contributed by atoms with Gasteiger partial charge in [0.05, 0.1) is 17.7 Å². The lowest BCUT2D eigenvalue weighted by atomic mass is 10.2. The van der Waals surface area contributed by atoms with Gasteiger partial charge >= 0.3 is 0 Å². The number of methoxy groups -OCH3 is 1. The van der Waals surface area contributed by atoms with Crippen LogP contribution in [0.25, 0.3) is 0 Å². The minimum atomic E-state index is -3.63. The molecule has 0 atom stereocenters. The molecule has 8 heteroatoms. The molecule has 2 aromatic rings. The second kappa shape index (κ2) is 8.66. The third kappa shape index (κ3) is 4.44. The molecule has 0 heterocycles. The molecule has 0 aliphatic heterocycles. The highest BCUT2D eigenvalue weighted by Gasteiger charge is 2.23. The molecule has 0 aliphatic carbocycles. The lowest BCUT2D eigenvalue weighted by Crippen LogP contribution is -2.30. The Morgan fingerprint density at radius 3 is 2.27 bits per heavy atom. The molecule has 2 aromatic carbocycles. The zero-order valence-corrected chi connectivity index (χ0v) is 17.2. The molecule has 0 saturated heterocycles. The van der Waals surface area contributed by atoms with Crippen molar-refractivity contribution in [1.82, 2.24) is 4.31 Å². The van der Waals surface area contributed by atoms with Gasteiger partial charge in [0.1, 0.15) is 5.75 Å². The van der Waals surface area contributed by atoms with Crippen LogP contribution in [0, 0.1) is 0 Å². The van der Waals surface area contributed by atoms with Crippen LogP contribution in [-0.4, -0.2) is 38.8 Å². The Morgan fingerprint density at radius 2 is 1.73 bits per heavy atom. The van der Waals surface area contributed by atoms with Gasteiger partial charge in [0.2, 0.25) is 10.0 Å². The van der Waals surface area contributed by atoms with Crippen molar-refractivity contribution in [2.45, 2.75) is 18.7 Å². The SMILES string of the molecule is CCN(CC)S(=O)(=O)c1ccc(OC)c(NC(=O)c2ccc(Br)cc2)c1. The maximum absolute atomic E-state index is 12.7. The van der Waals surface area contributed by atoms with Crippen LogP contribution < -0.4 is 10.1 Å². The number of carbonyl (C=O) groups excluding carboxylic acids is 1. The van der Waals surface area contributed by atoms with Gasteiger partial charge in [0, 0.05) is 23.1 Å². The van der Waals surface area contributed by atoms with E-state index in [0.29, 0.717) is 30.1 Å². The number of hydrogen-bond donors (Lipinski definition) is 1. The molecule has 0 aliphatic rings. The van der Waals surface area contributed by atoms with Gasteiger partial charge < -0.3 is 10.1 Å². The van der Waals surface area contributed by atoms with Gasteiger partial charge in [0.15, 0.2) is 0 Å². The van der Waals surface area contributed by atoms with E-state index in [4.69, 9.17) is 4.74 Å². The fourth-order valence-electron chi connectivity index (χ4n) is 2.45. The van der Waals surface area contributed by atoms with E-state index >= 15 is 0 Å². The molecule has 0 fully saturated rings. The highest BCUT2D eigenvalue weighted by molar-refractivity contribution is 9.10. The summed E-state index contributed by atoms with van der Waals surface area (Å²) < 4.78 is 32.9. The molecule has 26 heavy (non-hydrogen) atoms. The third-order valence-corrected chi connectivity index (χ3v) is 6.44. The van der Waals surface area contributed by atoms with Gasteiger partial charge in [0.25, 0.3) is 5.91 Å². The molecule has 0 radical (unpaired) electrons. The number of halogens is 1. The van der Waals surface area contributed by atoms with E-state index in [2.05, 4.69) is 21.2 Å². The molecular weight excluding hydrogens is 420 g/mol. The Morgan fingerprint density at radius 1 is 1.12 bits per heavy atom. The Labute approximate surface area is 162 Å². The Kier molecular flexibility index (Phi) is 6.80. The smallest absolute Gasteiger partial charge is 0.255 e. The zero-order chi connectivity index (χ0) is 19.3. The molecule has 1 amide bonds. The van der Waals surface area contributed by atoms with Gasteiger partial charge in [-0.25, -0.2) is 8.42 Å². The van der Waals surface area contributed by atoms with Crippen LogP contribution in [0.2, 0.25) is 0 Å². The highest BCUT2D eigenvalue weighted by atomic mass is 79.9. The van der Waals surface area contributed by atoms with Gasteiger partial charge in [-0.15, -0.1) is 0 Å². The summed E-state index contributed by atoms with van der Waals surface area (Å²) in [6, 6.07) is 11.3. The number of ether oxygens (including phenoxy) is 1. The number of benzene rings is 2. The average Bonchev–Trinajstić information content (AvgIpc) is 2.63. The second-order valence-corrected chi connectivity index (χ2v) is 8.27. The van der Waals surface area contributed by atoms with Crippen molar-refractivity contribution in [3.8, 4) is 5.75 Å². The normalized spacial score (nSPS) is 11.4. The van der Waals surface area contributed by atoms with E-state index in [0.717, 1.165) is 4.47 Å². The molecule has 0 aromatic heterocycles. The minimum absolute atomic E-state index is 0.105. The van der Waals surface area contributed by atoms with Crippen molar-refractivity contribution in [2.24, 2.45) is 0 Å². The molecule has 6 nitrogen and oxygen atoms in total. The first-order valence-electron chi connectivity index (χ1n) is 8.08. The second-order valence-electron chi connectivity index (χ2n) is 5.41. The number of amides is 1. The summed E-state index contributed by atoms with van der Waals surface area (Å²) in [6.45, 7) is 4.29. The third-order valence-electron chi connectivity index (χ3n) is 3.87. The topological polar surface area (TPSA) is 75.7 Å². The van der Waals surface area contributed by atoms with Crippen LogP contribution in [0.5, 0.6) is 5.75 Å². The summed E-state index contributed by atoms with van der Waals surface area (Å²) in [5, 5.41) is 2.72. The van der Waals surface area contributed by atoms with E-state index < -0.39 is 10.0 Å². The summed E-state index contributed by atoms with van der Waals surface area (Å²) in [6.07, 6.45) is 0. The number of rotatable bonds is 7. The number of carbonyl (C=O) groups is 1. The first-order chi connectivity index (χ1) is 12.3. The molecule has 2 rings (SSSR count). The van der Waals surface area contributed by atoms with Crippen LogP contribution in [0.15, 0.2) is 51.8 Å². The molecular formula is C18H21BrN2O4S. The van der Waals surface area contributed by atoms with Gasteiger partial charge in [-0.1, -0.05) is 29.8 Å². The average molecular weight is 441 g/mol. The fourth-order valence-corrected chi connectivity index (χ4v) is 4.20. The monoisotopic (exact) mass is 440 g/mol. The standard InChI is InChI=1S/C18H21BrN2O4S/c1-4-21(5-2)26(23,24)15-10-11-17(25-3)16(12-15)20-18(22)13-6-8-14(19)9-7-13/h6-12H,4-5H2,1-3H3,(H,20,22). The van der Waals surface area contributed by atoms with E-state index in [-0.39, 0.29) is 10.8 Å². The number of nitrogens with one attached hydrogen (secondary N) is 1. The first-order valence-corrected chi connectivity index (χ1v) is 10.3. The summed E-state index contributed by atoms with van der Waals surface area (Å²) in [5.74, 6) is 0.0298. The van der Waals surface area contributed by atoms with Crippen molar-refractivity contribution in [2.75, 3.05) is 25.5 Å². The lowest BCUT2D eigenvalue weighted by Gasteiger charge is -2.19. The molecule has 1 N–H and O–H groups in total. The van der Waals surface area contributed by atoms with Crippen LogP contribution in [0.3, 0.4) is 0 Å². The van der Waals surface area contributed by atoms with Gasteiger partial charge in [-0.05, 0) is 42.5 Å². The van der Waals surface area contributed by atoms with E-state index in [1.54, 1.807) is 38.1 Å². The van der Waals surface area contributed by atoms with Gasteiger partial charge in [-0.2, -0.15) is 4.31 Å². The Balaban J connectivity index is 2.38. The Hall–Kier alpha value is -1.90. The van der Waals surface area contributed by atoms with E-state index in [9.17, 15) is 13.2 Å². The summed E-state index contributed by atoms with van der Waals surface area (Å²) in [7, 11) is -2.17. The van der Waals surface area contributed by atoms with Crippen molar-refractivity contribution in [1.29, 1.82) is 0 Å². The summed E-state index contributed by atoms with van der Waals surface area (Å²) in [5.41, 5.74) is 0.751. The van der Waals surface area contributed by atoms with Crippen molar-refractivity contribution in [3.63, 3.8) is 0 Å². The summed E-state index contributed by atoms with van der Waals surface area (Å²) >= 11 is 3.32. The Bertz CT molecular complexity index is 879. The lowest BCUT2D eigenvalue weighted by molar-refractivity contribution is 0.102. The van der Waals surface area contributed by atoms with Crippen LogP contribution in [0.4, 0.5) is 5.69 Å². The number of sulfonamides is 1. The van der Waals surface area contributed by atoms with E-state index in [1.165, 1.54) is 29.6 Å². The maximum Gasteiger partial charge on any atom is 0.255 e. The minimum Gasteiger partial charge on any atom is -0.495 e. The summed E-state index contributed by atoms with van der Waals surface area (Å²) in [4.78, 5) is 12.6. The molecule has 140 valence electrons. The highest BCUT2D eigenvalue weighted by Crippen LogP contribution is 2.29. The largest absolute Gasteiger partial charge is 0.495 e. The van der Waals surface area contributed by atoms with Crippen LogP contribution >= 0.6 is 15.9 Å². The molecule has 0 bridgehead atoms. The number of anilines is 1.